The minimum Gasteiger partial charge on any atom is -0.484 e. The largest absolute Gasteiger partial charge is 0.484 e. The Kier molecular flexibility index (Phi) is 9.34. The second-order valence-corrected chi connectivity index (χ2v) is 12.9. The molecule has 1 aromatic heterocycles. The molecule has 2 amide bonds. The Morgan fingerprint density at radius 2 is 1.93 bits per heavy atom. The molecule has 0 saturated carbocycles. The van der Waals surface area contributed by atoms with Gasteiger partial charge in [0.25, 0.3) is 18.3 Å². The lowest BCUT2D eigenvalue weighted by molar-refractivity contribution is -0.159. The number of carbonyl (C=O) groups is 4. The van der Waals surface area contributed by atoms with E-state index >= 15 is 0 Å². The molecule has 244 valence electrons. The normalized spacial score (nSPS) is 18.4. The van der Waals surface area contributed by atoms with Gasteiger partial charge in [-0.25, -0.2) is 9.18 Å². The predicted molar refractivity (Wildman–Crippen MR) is 173 cm³/mol. The number of anilines is 1. The van der Waals surface area contributed by atoms with Crippen molar-refractivity contribution in [3.63, 3.8) is 0 Å². The van der Waals surface area contributed by atoms with E-state index in [2.05, 4.69) is 10.3 Å². The molecule has 3 aliphatic rings. The number of thioether (sulfide) groups is 1. The number of hydrogen-bond acceptors (Lipinski definition) is 9. The van der Waals surface area contributed by atoms with Crippen molar-refractivity contribution in [2.75, 3.05) is 30.9 Å². The number of halogens is 1. The number of aromatic amines is 1. The lowest BCUT2D eigenvalue weighted by Gasteiger charge is -2.49. The number of benzene rings is 2. The zero-order valence-corrected chi connectivity index (χ0v) is 27.4. The summed E-state index contributed by atoms with van der Waals surface area (Å²) in [5, 5.41) is 3.04. The van der Waals surface area contributed by atoms with Crippen LogP contribution in [0.1, 0.15) is 40.2 Å². The summed E-state index contributed by atoms with van der Waals surface area (Å²) in [5.41, 5.74) is 4.30. The fourth-order valence-corrected chi connectivity index (χ4v) is 7.00. The van der Waals surface area contributed by atoms with Crippen molar-refractivity contribution in [1.29, 1.82) is 0 Å². The van der Waals surface area contributed by atoms with Gasteiger partial charge < -0.3 is 29.4 Å². The van der Waals surface area contributed by atoms with E-state index in [1.165, 1.54) is 28.8 Å². The summed E-state index contributed by atoms with van der Waals surface area (Å²) in [6.45, 7) is 9.51. The number of nitrogens with zero attached hydrogens (tertiary/aromatic N) is 2. The zero-order valence-electron chi connectivity index (χ0n) is 26.6. The molecule has 46 heavy (non-hydrogen) atoms. The first-order valence-corrected chi connectivity index (χ1v) is 16.0. The van der Waals surface area contributed by atoms with Crippen LogP contribution in [0.2, 0.25) is 0 Å². The molecule has 2 atom stereocenters. The van der Waals surface area contributed by atoms with E-state index < -0.39 is 34.8 Å². The average Bonchev–Trinajstić information content (AvgIpc) is 3.38. The van der Waals surface area contributed by atoms with Crippen LogP contribution in [0.5, 0.6) is 5.75 Å². The molecule has 6 rings (SSSR count). The summed E-state index contributed by atoms with van der Waals surface area (Å²) in [5.74, 6) is -1.16. The van der Waals surface area contributed by atoms with Crippen LogP contribution in [0, 0.1) is 5.82 Å². The second kappa shape index (κ2) is 13.1. The summed E-state index contributed by atoms with van der Waals surface area (Å²) in [4.78, 5) is 56.5. The molecule has 0 bridgehead atoms. The summed E-state index contributed by atoms with van der Waals surface area (Å²) in [6, 6.07) is 9.32. The Hall–Kier alpha value is -4.52. The van der Waals surface area contributed by atoms with Crippen LogP contribution in [-0.4, -0.2) is 77.2 Å². The highest BCUT2D eigenvalue weighted by atomic mass is 32.2. The third-order valence-corrected chi connectivity index (χ3v) is 8.90. The molecule has 2 N–H and O–H groups in total. The first kappa shape index (κ1) is 32.9. The first-order valence-electron chi connectivity index (χ1n) is 15.0. The molecule has 0 aliphatic carbocycles. The maximum absolute atomic E-state index is 13.9. The highest BCUT2D eigenvalue weighted by molar-refractivity contribution is 8.00. The number of fused-ring (bicyclic) bond motifs is 6. The number of hydrogen-bond donors (Lipinski definition) is 2. The first-order chi connectivity index (χ1) is 21.9. The quantitative estimate of drug-likeness (QED) is 0.205. The van der Waals surface area contributed by atoms with Crippen LogP contribution < -0.4 is 15.0 Å². The van der Waals surface area contributed by atoms with Gasteiger partial charge in [0.05, 0.1) is 5.69 Å². The van der Waals surface area contributed by atoms with Crippen molar-refractivity contribution in [2.45, 2.75) is 58.2 Å². The summed E-state index contributed by atoms with van der Waals surface area (Å²) in [7, 11) is 1.93. The Morgan fingerprint density at radius 1 is 1.17 bits per heavy atom. The number of ether oxygens (including phenoxy) is 3. The molecule has 2 aromatic carbocycles. The molecule has 1 fully saturated rings. The molecule has 1 saturated heterocycles. The number of aromatic nitrogens is 1. The van der Waals surface area contributed by atoms with E-state index in [1.807, 2.05) is 37.9 Å². The number of nitrogens with one attached hydrogen (secondary N) is 2. The van der Waals surface area contributed by atoms with Crippen LogP contribution in [0.4, 0.5) is 10.1 Å². The number of carbonyl (C=O) groups excluding carboxylic acids is 4. The summed E-state index contributed by atoms with van der Waals surface area (Å²) >= 11 is 1.35. The van der Waals surface area contributed by atoms with Gasteiger partial charge in [0, 0.05) is 58.7 Å². The highest BCUT2D eigenvalue weighted by Crippen LogP contribution is 2.43. The molecule has 0 radical (unpaired) electrons. The Morgan fingerprint density at radius 3 is 2.65 bits per heavy atom. The molecule has 3 aromatic rings. The van der Waals surface area contributed by atoms with E-state index in [0.717, 1.165) is 33.4 Å². The van der Waals surface area contributed by atoms with Crippen LogP contribution in [0.15, 0.2) is 47.7 Å². The number of H-pyrrole nitrogens is 1. The van der Waals surface area contributed by atoms with Gasteiger partial charge >= 0.3 is 5.97 Å². The Balaban J connectivity index is 0.00000204. The fraction of sp³-hybridized carbons (Fsp3) is 0.394. The lowest BCUT2D eigenvalue weighted by atomic mass is 9.98. The number of rotatable bonds is 8. The molecule has 3 aliphatic heterocycles. The van der Waals surface area contributed by atoms with Gasteiger partial charge in [0.15, 0.2) is 6.61 Å². The lowest BCUT2D eigenvalue weighted by Crippen LogP contribution is -2.71. The standard InChI is InChI=1S/C31H31FN4O7S.C2H6/c1-31(2,3)43-30(40)27-16(12-41-15-37)14-44-29-26(28(39)36(27)29)34-24(38)13-42-18-6-7-19-23(10-18)35(4)11-21-20-9-17(32)5-8-22(20)33-25(19)21;1-2/h5-10,15,26,29,33H,11-14H2,1-4H3,(H,34,38);1-2H3. The second-order valence-electron chi connectivity index (χ2n) is 11.8. The van der Waals surface area contributed by atoms with E-state index in [-0.39, 0.29) is 31.2 Å². The van der Waals surface area contributed by atoms with Crippen molar-refractivity contribution < 1.29 is 37.8 Å². The van der Waals surface area contributed by atoms with Gasteiger partial charge in [0.1, 0.15) is 40.9 Å². The molecule has 2 unspecified atom stereocenters. The van der Waals surface area contributed by atoms with E-state index in [0.29, 0.717) is 23.6 Å². The van der Waals surface area contributed by atoms with E-state index in [4.69, 9.17) is 14.2 Å². The maximum Gasteiger partial charge on any atom is 0.355 e. The van der Waals surface area contributed by atoms with Crippen molar-refractivity contribution in [1.82, 2.24) is 15.2 Å². The number of amides is 2. The monoisotopic (exact) mass is 652 g/mol. The third kappa shape index (κ3) is 6.28. The van der Waals surface area contributed by atoms with Gasteiger partial charge in [-0.15, -0.1) is 11.8 Å². The van der Waals surface area contributed by atoms with E-state index in [1.54, 1.807) is 32.9 Å². The number of β-lactam (4-membered cyclic amide) rings is 1. The summed E-state index contributed by atoms with van der Waals surface area (Å²) in [6.07, 6.45) is 0. The van der Waals surface area contributed by atoms with Crippen molar-refractivity contribution in [3.05, 3.63) is 59.0 Å². The van der Waals surface area contributed by atoms with Crippen molar-refractivity contribution >= 4 is 52.6 Å². The topological polar surface area (TPSA) is 130 Å². The Bertz CT molecular complexity index is 1730. The van der Waals surface area contributed by atoms with Gasteiger partial charge in [-0.3, -0.25) is 19.3 Å². The molecular formula is C33H37FN4O7S. The van der Waals surface area contributed by atoms with Gasteiger partial charge in [0.2, 0.25) is 0 Å². The van der Waals surface area contributed by atoms with Crippen LogP contribution >= 0.6 is 11.8 Å². The average molecular weight is 653 g/mol. The van der Waals surface area contributed by atoms with E-state index in [9.17, 15) is 23.6 Å². The van der Waals surface area contributed by atoms with Gasteiger partial charge in [-0.2, -0.15) is 0 Å². The molecule has 4 heterocycles. The van der Waals surface area contributed by atoms with Crippen LogP contribution in [-0.2, 0) is 35.2 Å². The predicted octanol–water partition coefficient (Wildman–Crippen LogP) is 4.50. The third-order valence-electron chi connectivity index (χ3n) is 7.56. The minimum absolute atomic E-state index is 0.0405. The highest BCUT2D eigenvalue weighted by Gasteiger charge is 2.54. The van der Waals surface area contributed by atoms with Crippen LogP contribution in [0.3, 0.4) is 0 Å². The molecule has 0 spiro atoms. The molecular weight excluding hydrogens is 615 g/mol. The van der Waals surface area contributed by atoms with Gasteiger partial charge in [-0.1, -0.05) is 13.8 Å². The zero-order chi connectivity index (χ0) is 33.3. The molecule has 11 nitrogen and oxygen atoms in total. The fourth-order valence-electron chi connectivity index (χ4n) is 5.67. The van der Waals surface area contributed by atoms with Crippen molar-refractivity contribution in [3.8, 4) is 17.0 Å². The maximum atomic E-state index is 13.9. The SMILES string of the molecule is CC.CN1Cc2c([nH]c3ccc(F)cc23)-c2ccc(OCC(=O)NC3C(=O)N4C(C(=O)OC(C)(C)C)=C(COC=O)CSC34)cc21. The Labute approximate surface area is 270 Å². The van der Waals surface area contributed by atoms with Crippen LogP contribution in [0.25, 0.3) is 22.2 Å². The molecule has 13 heteroatoms. The smallest absolute Gasteiger partial charge is 0.355 e. The summed E-state index contributed by atoms with van der Waals surface area (Å²) < 4.78 is 30.1. The minimum atomic E-state index is -0.859. The van der Waals surface area contributed by atoms with Crippen molar-refractivity contribution in [2.24, 2.45) is 0 Å². The number of esters is 1. The van der Waals surface area contributed by atoms with Gasteiger partial charge in [-0.05, 0) is 51.1 Å².